The first kappa shape index (κ1) is 22.1. The molecule has 1 heterocycles. The number of rotatable bonds is 8. The number of nitriles is 1. The van der Waals surface area contributed by atoms with Crippen molar-refractivity contribution in [2.75, 3.05) is 24.3 Å². The fraction of sp³-hybridized carbons (Fsp3) is 0.120. The van der Waals surface area contributed by atoms with E-state index in [1.165, 1.54) is 16.7 Å². The third-order valence-electron chi connectivity index (χ3n) is 4.92. The van der Waals surface area contributed by atoms with E-state index in [2.05, 4.69) is 16.3 Å². The predicted molar refractivity (Wildman–Crippen MR) is 128 cm³/mol. The van der Waals surface area contributed by atoms with Gasteiger partial charge in [-0.05, 0) is 36.4 Å². The van der Waals surface area contributed by atoms with Crippen molar-refractivity contribution >= 4 is 23.4 Å². The lowest BCUT2D eigenvalue weighted by molar-refractivity contribution is -0.116. The number of aromatic nitrogens is 3. The van der Waals surface area contributed by atoms with Crippen LogP contribution in [0.2, 0.25) is 0 Å². The van der Waals surface area contributed by atoms with Crippen LogP contribution in [0.1, 0.15) is 0 Å². The van der Waals surface area contributed by atoms with Crippen LogP contribution in [0.25, 0.3) is 17.1 Å². The van der Waals surface area contributed by atoms with E-state index in [1.807, 2.05) is 89.5 Å². The molecular formula is C25H21N5O2S. The van der Waals surface area contributed by atoms with Crippen LogP contribution in [0.3, 0.4) is 0 Å². The Labute approximate surface area is 196 Å². The fourth-order valence-corrected chi connectivity index (χ4v) is 4.14. The number of hydrogen-bond donors (Lipinski definition) is 0. The summed E-state index contributed by atoms with van der Waals surface area (Å²) in [7, 11) is 1.62. The number of carbonyl (C=O) groups excluding carboxylic acids is 1. The fourth-order valence-electron chi connectivity index (χ4n) is 3.31. The van der Waals surface area contributed by atoms with E-state index >= 15 is 0 Å². The van der Waals surface area contributed by atoms with Crippen LogP contribution in [-0.4, -0.2) is 40.1 Å². The van der Waals surface area contributed by atoms with Crippen molar-refractivity contribution in [1.82, 2.24) is 14.8 Å². The zero-order valence-electron chi connectivity index (χ0n) is 18.0. The number of anilines is 1. The third-order valence-corrected chi connectivity index (χ3v) is 5.83. The zero-order valence-corrected chi connectivity index (χ0v) is 18.8. The van der Waals surface area contributed by atoms with Gasteiger partial charge in [0.25, 0.3) is 0 Å². The molecule has 0 fully saturated rings. The van der Waals surface area contributed by atoms with Crippen LogP contribution >= 0.6 is 11.8 Å². The van der Waals surface area contributed by atoms with Gasteiger partial charge in [-0.2, -0.15) is 5.26 Å². The summed E-state index contributed by atoms with van der Waals surface area (Å²) in [5.41, 5.74) is 2.45. The van der Waals surface area contributed by atoms with Crippen LogP contribution in [0, 0.1) is 11.3 Å². The molecule has 0 N–H and O–H groups in total. The second-order valence-electron chi connectivity index (χ2n) is 6.97. The van der Waals surface area contributed by atoms with Gasteiger partial charge in [-0.25, -0.2) is 0 Å². The second kappa shape index (κ2) is 10.5. The molecule has 3 aromatic carbocycles. The topological polar surface area (TPSA) is 84.0 Å². The van der Waals surface area contributed by atoms with E-state index < -0.39 is 0 Å². The Morgan fingerprint density at radius 3 is 2.30 bits per heavy atom. The molecule has 33 heavy (non-hydrogen) atoms. The SMILES string of the molecule is COc1ccc(-n2c(SCC(=O)N(CC#N)c3ccccc3)nnc2-c2ccccc2)cc1. The maximum Gasteiger partial charge on any atom is 0.238 e. The highest BCUT2D eigenvalue weighted by Crippen LogP contribution is 2.29. The van der Waals surface area contributed by atoms with Crippen molar-refractivity contribution < 1.29 is 9.53 Å². The molecule has 0 aliphatic carbocycles. The molecule has 1 amide bonds. The molecule has 4 aromatic rings. The van der Waals surface area contributed by atoms with Gasteiger partial charge in [0.1, 0.15) is 12.3 Å². The predicted octanol–water partition coefficient (Wildman–Crippen LogP) is 4.59. The monoisotopic (exact) mass is 455 g/mol. The van der Waals surface area contributed by atoms with Crippen molar-refractivity contribution in [3.05, 3.63) is 84.9 Å². The van der Waals surface area contributed by atoms with Crippen LogP contribution in [-0.2, 0) is 4.79 Å². The molecule has 0 atom stereocenters. The largest absolute Gasteiger partial charge is 0.497 e. The molecule has 0 aliphatic rings. The molecule has 8 heteroatoms. The number of hydrogen-bond acceptors (Lipinski definition) is 6. The molecule has 0 radical (unpaired) electrons. The molecule has 0 aliphatic heterocycles. The summed E-state index contributed by atoms with van der Waals surface area (Å²) in [6, 6.07) is 28.6. The number of thioether (sulfide) groups is 1. The molecule has 1 aromatic heterocycles. The van der Waals surface area contributed by atoms with E-state index in [4.69, 9.17) is 4.74 Å². The summed E-state index contributed by atoms with van der Waals surface area (Å²) in [5.74, 6) is 1.35. The summed E-state index contributed by atoms with van der Waals surface area (Å²) in [5, 5.41) is 18.6. The molecule has 0 saturated heterocycles. The number of amides is 1. The van der Waals surface area contributed by atoms with E-state index in [0.717, 1.165) is 17.0 Å². The van der Waals surface area contributed by atoms with Crippen molar-refractivity contribution in [2.45, 2.75) is 5.16 Å². The minimum absolute atomic E-state index is 0.0240. The summed E-state index contributed by atoms with van der Waals surface area (Å²) in [4.78, 5) is 14.5. The lowest BCUT2D eigenvalue weighted by Gasteiger charge is -2.19. The highest BCUT2D eigenvalue weighted by atomic mass is 32.2. The molecule has 0 spiro atoms. The minimum Gasteiger partial charge on any atom is -0.497 e. The molecule has 0 bridgehead atoms. The number of methoxy groups -OCH3 is 1. The summed E-state index contributed by atoms with van der Waals surface area (Å²) in [6.07, 6.45) is 0. The Morgan fingerprint density at radius 2 is 1.67 bits per heavy atom. The maximum absolute atomic E-state index is 13.0. The second-order valence-corrected chi connectivity index (χ2v) is 7.91. The molecule has 164 valence electrons. The van der Waals surface area contributed by atoms with E-state index in [-0.39, 0.29) is 18.2 Å². The first-order chi connectivity index (χ1) is 16.2. The van der Waals surface area contributed by atoms with E-state index in [9.17, 15) is 10.1 Å². The van der Waals surface area contributed by atoms with Crippen molar-refractivity contribution in [1.29, 1.82) is 5.26 Å². The van der Waals surface area contributed by atoms with Gasteiger partial charge in [-0.1, -0.05) is 60.3 Å². The van der Waals surface area contributed by atoms with Crippen molar-refractivity contribution in [3.63, 3.8) is 0 Å². The highest BCUT2D eigenvalue weighted by molar-refractivity contribution is 7.99. The number of carbonyl (C=O) groups is 1. The standard InChI is InChI=1S/C25H21N5O2S/c1-32-22-14-12-21(13-15-22)30-24(19-8-4-2-5-9-19)27-28-25(30)33-18-23(31)29(17-16-26)20-10-6-3-7-11-20/h2-15H,17-18H2,1H3. The minimum atomic E-state index is -0.182. The van der Waals surface area contributed by atoms with Gasteiger partial charge in [0.15, 0.2) is 11.0 Å². The quantitative estimate of drug-likeness (QED) is 0.285. The Morgan fingerprint density at radius 1 is 1.00 bits per heavy atom. The van der Waals surface area contributed by atoms with E-state index in [0.29, 0.717) is 16.7 Å². The number of para-hydroxylation sites is 1. The van der Waals surface area contributed by atoms with Crippen LogP contribution in [0.4, 0.5) is 5.69 Å². The number of benzene rings is 3. The van der Waals surface area contributed by atoms with Gasteiger partial charge in [0, 0.05) is 16.9 Å². The van der Waals surface area contributed by atoms with Gasteiger partial charge in [-0.15, -0.1) is 10.2 Å². The molecule has 0 saturated carbocycles. The van der Waals surface area contributed by atoms with E-state index in [1.54, 1.807) is 7.11 Å². The average Bonchev–Trinajstić information content (AvgIpc) is 3.31. The zero-order chi connectivity index (χ0) is 23.0. The summed E-state index contributed by atoms with van der Waals surface area (Å²) < 4.78 is 7.20. The highest BCUT2D eigenvalue weighted by Gasteiger charge is 2.20. The van der Waals surface area contributed by atoms with Crippen molar-refractivity contribution in [3.8, 4) is 28.9 Å². The number of ether oxygens (including phenoxy) is 1. The van der Waals surface area contributed by atoms with Gasteiger partial charge in [-0.3, -0.25) is 14.3 Å². The maximum atomic E-state index is 13.0. The normalized spacial score (nSPS) is 10.4. The Hall–Kier alpha value is -4.09. The lowest BCUT2D eigenvalue weighted by atomic mass is 10.2. The van der Waals surface area contributed by atoms with Crippen molar-refractivity contribution in [2.24, 2.45) is 0 Å². The first-order valence-corrected chi connectivity index (χ1v) is 11.2. The molecule has 4 rings (SSSR count). The van der Waals surface area contributed by atoms with Crippen LogP contribution < -0.4 is 9.64 Å². The van der Waals surface area contributed by atoms with Gasteiger partial charge >= 0.3 is 0 Å². The lowest BCUT2D eigenvalue weighted by Crippen LogP contribution is -2.32. The van der Waals surface area contributed by atoms with Gasteiger partial charge in [0.05, 0.1) is 18.9 Å². The van der Waals surface area contributed by atoms with Gasteiger partial charge < -0.3 is 4.74 Å². The third kappa shape index (κ3) is 5.05. The molecule has 0 unspecified atom stereocenters. The first-order valence-electron chi connectivity index (χ1n) is 10.2. The smallest absolute Gasteiger partial charge is 0.238 e. The van der Waals surface area contributed by atoms with Crippen LogP contribution in [0.5, 0.6) is 5.75 Å². The van der Waals surface area contributed by atoms with Crippen LogP contribution in [0.15, 0.2) is 90.1 Å². The average molecular weight is 456 g/mol. The number of nitrogens with zero attached hydrogens (tertiary/aromatic N) is 5. The summed E-state index contributed by atoms with van der Waals surface area (Å²) in [6.45, 7) is -0.0240. The Bertz CT molecular complexity index is 1250. The Kier molecular flexibility index (Phi) is 7.03. The van der Waals surface area contributed by atoms with Gasteiger partial charge in [0.2, 0.25) is 5.91 Å². The Balaban J connectivity index is 1.64. The molecule has 7 nitrogen and oxygen atoms in total. The molecular weight excluding hydrogens is 434 g/mol. The summed E-state index contributed by atoms with van der Waals surface area (Å²) >= 11 is 1.28.